The summed E-state index contributed by atoms with van der Waals surface area (Å²) in [6.07, 6.45) is 0.655. The number of piperazine rings is 2. The molecule has 3 heterocycles. The molecule has 2 aliphatic rings. The number of aryl methyl sites for hydroxylation is 1. The van der Waals surface area contributed by atoms with Crippen molar-refractivity contribution in [3.8, 4) is 0 Å². The molecule has 0 N–H and O–H groups in total. The van der Waals surface area contributed by atoms with E-state index in [1.165, 1.54) is 0 Å². The molecule has 0 saturated carbocycles. The van der Waals surface area contributed by atoms with Crippen LogP contribution in [0.25, 0.3) is 0 Å². The lowest BCUT2D eigenvalue weighted by atomic mass is 10.3. The van der Waals surface area contributed by atoms with E-state index >= 15 is 0 Å². The molecule has 8 nitrogen and oxygen atoms in total. The highest BCUT2D eigenvalue weighted by Crippen LogP contribution is 2.22. The number of sulfonamides is 1. The maximum atomic E-state index is 12.2. The van der Waals surface area contributed by atoms with Crippen molar-refractivity contribution in [1.29, 1.82) is 0 Å². The predicted octanol–water partition coefficient (Wildman–Crippen LogP) is 0.399. The minimum atomic E-state index is -3.12. The largest absolute Gasteiger partial charge is 0.354 e. The van der Waals surface area contributed by atoms with Gasteiger partial charge in [-0.1, -0.05) is 6.92 Å². The number of anilines is 2. The number of likely N-dealkylation sites (N-methyl/N-ethyl adjacent to an activating group) is 1. The third kappa shape index (κ3) is 4.44. The highest BCUT2D eigenvalue weighted by Gasteiger charge is 2.27. The Hall–Kier alpha value is -1.45. The van der Waals surface area contributed by atoms with Crippen LogP contribution in [-0.4, -0.2) is 92.7 Å². The molecule has 0 bridgehead atoms. The van der Waals surface area contributed by atoms with Crippen molar-refractivity contribution in [3.05, 3.63) is 11.9 Å². The van der Waals surface area contributed by atoms with Gasteiger partial charge in [-0.25, -0.2) is 18.4 Å². The van der Waals surface area contributed by atoms with Crippen LogP contribution in [0.2, 0.25) is 0 Å². The lowest BCUT2D eigenvalue weighted by Crippen LogP contribution is -2.49. The number of aromatic nitrogens is 2. The SMILES string of the molecule is CCCS(=O)(=O)N1CCN(c2cc(N3CCN(C)CC3)nc(C)n2)CC1. The molecule has 0 spiro atoms. The van der Waals surface area contributed by atoms with Gasteiger partial charge in [0, 0.05) is 58.4 Å². The van der Waals surface area contributed by atoms with Crippen LogP contribution in [0.4, 0.5) is 11.6 Å². The zero-order valence-corrected chi connectivity index (χ0v) is 16.9. The summed E-state index contributed by atoms with van der Waals surface area (Å²) >= 11 is 0. The number of hydrogen-bond donors (Lipinski definition) is 0. The number of hydrogen-bond acceptors (Lipinski definition) is 7. The van der Waals surface area contributed by atoms with Gasteiger partial charge in [0.2, 0.25) is 10.0 Å². The van der Waals surface area contributed by atoms with Gasteiger partial charge in [-0.2, -0.15) is 4.31 Å². The van der Waals surface area contributed by atoms with Gasteiger partial charge in [-0.05, 0) is 20.4 Å². The minimum absolute atomic E-state index is 0.229. The maximum absolute atomic E-state index is 12.2. The fourth-order valence-corrected chi connectivity index (χ4v) is 4.97. The molecule has 2 saturated heterocycles. The lowest BCUT2D eigenvalue weighted by Gasteiger charge is -2.36. The first kappa shape index (κ1) is 19.3. The van der Waals surface area contributed by atoms with Gasteiger partial charge >= 0.3 is 0 Å². The van der Waals surface area contributed by atoms with E-state index in [1.807, 2.05) is 13.8 Å². The minimum Gasteiger partial charge on any atom is -0.354 e. The predicted molar refractivity (Wildman–Crippen MR) is 104 cm³/mol. The van der Waals surface area contributed by atoms with Crippen LogP contribution in [0.3, 0.4) is 0 Å². The van der Waals surface area contributed by atoms with Crippen LogP contribution in [-0.2, 0) is 10.0 Å². The van der Waals surface area contributed by atoms with E-state index in [1.54, 1.807) is 4.31 Å². The van der Waals surface area contributed by atoms with Gasteiger partial charge in [-0.3, -0.25) is 0 Å². The Morgan fingerprint density at radius 2 is 1.42 bits per heavy atom. The zero-order valence-electron chi connectivity index (χ0n) is 16.1. The van der Waals surface area contributed by atoms with Gasteiger partial charge < -0.3 is 14.7 Å². The molecule has 0 radical (unpaired) electrons. The fourth-order valence-electron chi connectivity index (χ4n) is 3.48. The second-order valence-electron chi connectivity index (χ2n) is 7.12. The van der Waals surface area contributed by atoms with E-state index in [4.69, 9.17) is 0 Å². The van der Waals surface area contributed by atoms with Crippen LogP contribution < -0.4 is 9.80 Å². The van der Waals surface area contributed by atoms with Crippen molar-refractivity contribution in [1.82, 2.24) is 19.2 Å². The number of nitrogens with zero attached hydrogens (tertiary/aromatic N) is 6. The Morgan fingerprint density at radius 1 is 0.923 bits per heavy atom. The van der Waals surface area contributed by atoms with Gasteiger partial charge in [-0.15, -0.1) is 0 Å². The van der Waals surface area contributed by atoms with Crippen molar-refractivity contribution in [2.24, 2.45) is 0 Å². The van der Waals surface area contributed by atoms with Crippen molar-refractivity contribution in [2.45, 2.75) is 20.3 Å². The highest BCUT2D eigenvalue weighted by molar-refractivity contribution is 7.89. The lowest BCUT2D eigenvalue weighted by molar-refractivity contribution is 0.312. The van der Waals surface area contributed by atoms with Gasteiger partial charge in [0.25, 0.3) is 0 Å². The average Bonchev–Trinajstić information content (AvgIpc) is 2.62. The second kappa shape index (κ2) is 8.06. The van der Waals surface area contributed by atoms with E-state index in [0.29, 0.717) is 32.6 Å². The number of rotatable bonds is 5. The first-order chi connectivity index (χ1) is 12.4. The van der Waals surface area contributed by atoms with Gasteiger partial charge in [0.15, 0.2) is 0 Å². The molecule has 0 aliphatic carbocycles. The normalized spacial score (nSPS) is 20.6. The summed E-state index contributed by atoms with van der Waals surface area (Å²) in [7, 11) is -0.978. The van der Waals surface area contributed by atoms with Crippen LogP contribution >= 0.6 is 0 Å². The van der Waals surface area contributed by atoms with E-state index in [-0.39, 0.29) is 5.75 Å². The van der Waals surface area contributed by atoms with Gasteiger partial charge in [0.05, 0.1) is 5.75 Å². The molecule has 2 aliphatic heterocycles. The Bertz CT molecular complexity index is 710. The van der Waals surface area contributed by atoms with Crippen LogP contribution in [0.15, 0.2) is 6.07 Å². The molecule has 9 heteroatoms. The zero-order chi connectivity index (χ0) is 18.7. The average molecular weight is 383 g/mol. The second-order valence-corrected chi connectivity index (χ2v) is 9.21. The molecular formula is C17H30N6O2S. The molecule has 3 rings (SSSR count). The molecule has 1 aromatic rings. The van der Waals surface area contributed by atoms with Crippen LogP contribution in [0.5, 0.6) is 0 Å². The molecule has 0 amide bonds. The third-order valence-corrected chi connectivity index (χ3v) is 7.13. The van der Waals surface area contributed by atoms with E-state index in [9.17, 15) is 8.42 Å². The molecule has 0 aromatic carbocycles. The topological polar surface area (TPSA) is 72.9 Å². The smallest absolute Gasteiger partial charge is 0.214 e. The first-order valence-corrected chi connectivity index (χ1v) is 11.0. The van der Waals surface area contributed by atoms with Crippen molar-refractivity contribution < 1.29 is 8.42 Å². The van der Waals surface area contributed by atoms with E-state index < -0.39 is 10.0 Å². The van der Waals surface area contributed by atoms with E-state index in [0.717, 1.165) is 43.6 Å². The Morgan fingerprint density at radius 3 is 1.92 bits per heavy atom. The summed E-state index contributed by atoms with van der Waals surface area (Å²) < 4.78 is 26.1. The summed E-state index contributed by atoms with van der Waals surface area (Å²) in [6.45, 7) is 10.2. The summed E-state index contributed by atoms with van der Waals surface area (Å²) in [5.74, 6) is 2.87. The summed E-state index contributed by atoms with van der Waals surface area (Å²) in [4.78, 5) is 16.0. The Kier molecular flexibility index (Phi) is 5.99. The molecule has 26 heavy (non-hydrogen) atoms. The quantitative estimate of drug-likeness (QED) is 0.730. The highest BCUT2D eigenvalue weighted by atomic mass is 32.2. The molecule has 2 fully saturated rings. The third-order valence-electron chi connectivity index (χ3n) is 5.06. The van der Waals surface area contributed by atoms with Crippen LogP contribution in [0, 0.1) is 6.92 Å². The van der Waals surface area contributed by atoms with Crippen molar-refractivity contribution in [2.75, 3.05) is 75.0 Å². The molecule has 146 valence electrons. The van der Waals surface area contributed by atoms with Gasteiger partial charge in [0.1, 0.15) is 17.5 Å². The summed E-state index contributed by atoms with van der Waals surface area (Å²) in [5.41, 5.74) is 0. The first-order valence-electron chi connectivity index (χ1n) is 9.41. The molecule has 1 aromatic heterocycles. The molecule has 0 atom stereocenters. The van der Waals surface area contributed by atoms with Crippen molar-refractivity contribution in [3.63, 3.8) is 0 Å². The van der Waals surface area contributed by atoms with E-state index in [2.05, 4.69) is 37.8 Å². The van der Waals surface area contributed by atoms with Crippen molar-refractivity contribution >= 4 is 21.7 Å². The standard InChI is InChI=1S/C17H30N6O2S/c1-4-13-26(24,25)23-11-9-22(10-12-23)17-14-16(18-15(2)19-17)21-7-5-20(3)6-8-21/h14H,4-13H2,1-3H3. The molecular weight excluding hydrogens is 352 g/mol. The summed E-state index contributed by atoms with van der Waals surface area (Å²) in [5, 5.41) is 0. The Balaban J connectivity index is 1.69. The summed E-state index contributed by atoms with van der Waals surface area (Å²) in [6, 6.07) is 2.05. The fraction of sp³-hybridized carbons (Fsp3) is 0.765. The van der Waals surface area contributed by atoms with Crippen LogP contribution in [0.1, 0.15) is 19.2 Å². The maximum Gasteiger partial charge on any atom is 0.214 e. The molecule has 0 unspecified atom stereocenters. The Labute approximate surface area is 156 Å². The monoisotopic (exact) mass is 382 g/mol.